The van der Waals surface area contributed by atoms with Crippen molar-refractivity contribution in [2.24, 2.45) is 0 Å². The molecule has 62 heavy (non-hydrogen) atoms. The van der Waals surface area contributed by atoms with Crippen molar-refractivity contribution in [1.82, 2.24) is 0 Å². The van der Waals surface area contributed by atoms with Gasteiger partial charge in [0.05, 0.1) is 5.41 Å². The van der Waals surface area contributed by atoms with Crippen LogP contribution in [-0.4, -0.2) is 0 Å². The molecule has 1 aliphatic rings. The molecule has 0 aliphatic heterocycles. The summed E-state index contributed by atoms with van der Waals surface area (Å²) in [5, 5.41) is 7.61. The molecule has 0 heterocycles. The minimum Gasteiger partial charge on any atom is -0.310 e. The van der Waals surface area contributed by atoms with Gasteiger partial charge < -0.3 is 4.90 Å². The molecule has 0 unspecified atom stereocenters. The fraction of sp³-hybridized carbons (Fsp3) is 0.0164. The largest absolute Gasteiger partial charge is 0.310 e. The predicted molar refractivity (Wildman–Crippen MR) is 262 cm³/mol. The van der Waals surface area contributed by atoms with Gasteiger partial charge in [0.15, 0.2) is 0 Å². The van der Waals surface area contributed by atoms with E-state index in [-0.39, 0.29) is 0 Å². The summed E-state index contributed by atoms with van der Waals surface area (Å²) in [6.07, 6.45) is 0. The highest BCUT2D eigenvalue weighted by molar-refractivity contribution is 6.19. The zero-order valence-corrected chi connectivity index (χ0v) is 34.1. The van der Waals surface area contributed by atoms with Crippen molar-refractivity contribution in [3.05, 3.63) is 271 Å². The van der Waals surface area contributed by atoms with Gasteiger partial charge in [0.1, 0.15) is 0 Å². The number of nitrogens with zero attached hydrogens (tertiary/aromatic N) is 1. The minimum atomic E-state index is -0.602. The van der Waals surface area contributed by atoms with E-state index in [9.17, 15) is 0 Å². The van der Waals surface area contributed by atoms with Crippen LogP contribution in [0.1, 0.15) is 22.3 Å². The first-order chi connectivity index (χ1) is 30.8. The Morgan fingerprint density at radius 3 is 1.37 bits per heavy atom. The zero-order valence-electron chi connectivity index (χ0n) is 34.1. The third-order valence-electron chi connectivity index (χ3n) is 13.1. The average molecular weight is 788 g/mol. The highest BCUT2D eigenvalue weighted by Crippen LogP contribution is 2.61. The van der Waals surface area contributed by atoms with Gasteiger partial charge in [-0.25, -0.2) is 0 Å². The topological polar surface area (TPSA) is 3.24 Å². The highest BCUT2D eigenvalue weighted by atomic mass is 15.1. The van der Waals surface area contributed by atoms with Crippen LogP contribution in [0.3, 0.4) is 0 Å². The molecule has 0 saturated carbocycles. The fourth-order valence-corrected chi connectivity index (χ4v) is 10.3. The Labute approximate surface area is 362 Å². The lowest BCUT2D eigenvalue weighted by Crippen LogP contribution is -2.29. The molecule has 0 saturated heterocycles. The van der Waals surface area contributed by atoms with E-state index in [2.05, 4.69) is 254 Å². The van der Waals surface area contributed by atoms with Gasteiger partial charge in [0.25, 0.3) is 0 Å². The third kappa shape index (κ3) is 5.63. The van der Waals surface area contributed by atoms with Crippen LogP contribution in [0, 0.1) is 0 Å². The zero-order chi connectivity index (χ0) is 41.0. The maximum atomic E-state index is 2.49. The van der Waals surface area contributed by atoms with Crippen LogP contribution in [0.4, 0.5) is 17.1 Å². The molecule has 12 rings (SSSR count). The van der Waals surface area contributed by atoms with Gasteiger partial charge in [-0.3, -0.25) is 0 Å². The summed E-state index contributed by atoms with van der Waals surface area (Å²) in [4.78, 5) is 2.43. The number of fused-ring (bicyclic) bond motifs is 9. The van der Waals surface area contributed by atoms with Gasteiger partial charge in [0.2, 0.25) is 0 Å². The first kappa shape index (κ1) is 35.9. The molecule has 11 aromatic carbocycles. The summed E-state index contributed by atoms with van der Waals surface area (Å²) in [7, 11) is 0. The third-order valence-corrected chi connectivity index (χ3v) is 13.1. The van der Waals surface area contributed by atoms with E-state index in [4.69, 9.17) is 0 Å². The van der Waals surface area contributed by atoms with Gasteiger partial charge >= 0.3 is 0 Å². The van der Waals surface area contributed by atoms with E-state index in [0.717, 1.165) is 17.1 Å². The Bertz CT molecular complexity index is 3390. The van der Waals surface area contributed by atoms with E-state index >= 15 is 0 Å². The van der Waals surface area contributed by atoms with Crippen LogP contribution in [0.2, 0.25) is 0 Å². The second kappa shape index (κ2) is 14.6. The SMILES string of the molecule is c1ccc(-c2ccc(N(c3ccc(-c4ccc5ccccc5c4)cc3)c3ccc4c(c3)C(c3ccccc3)(c3ccccc3)c3c-4c4ccccc4c4ccccc34)cc2)cc1. The number of benzene rings is 11. The molecule has 290 valence electrons. The first-order valence-electron chi connectivity index (χ1n) is 21.5. The Morgan fingerprint density at radius 1 is 0.290 bits per heavy atom. The maximum absolute atomic E-state index is 2.49. The van der Waals surface area contributed by atoms with E-state index in [1.165, 1.54) is 88.0 Å². The quantitative estimate of drug-likeness (QED) is 0.145. The van der Waals surface area contributed by atoms with Crippen molar-refractivity contribution in [3.63, 3.8) is 0 Å². The van der Waals surface area contributed by atoms with Gasteiger partial charge in [-0.05, 0) is 130 Å². The summed E-state index contributed by atoms with van der Waals surface area (Å²) in [6, 6.07) is 91.7. The Hall–Kier alpha value is -8.00. The van der Waals surface area contributed by atoms with Crippen LogP contribution < -0.4 is 4.90 Å². The van der Waals surface area contributed by atoms with Crippen LogP contribution in [0.5, 0.6) is 0 Å². The highest BCUT2D eigenvalue weighted by Gasteiger charge is 2.48. The summed E-state index contributed by atoms with van der Waals surface area (Å²) in [5.74, 6) is 0. The van der Waals surface area contributed by atoms with Gasteiger partial charge in [0, 0.05) is 17.1 Å². The van der Waals surface area contributed by atoms with Crippen molar-refractivity contribution in [3.8, 4) is 33.4 Å². The lowest BCUT2D eigenvalue weighted by atomic mass is 9.66. The Balaban J connectivity index is 1.11. The van der Waals surface area contributed by atoms with E-state index < -0.39 is 5.41 Å². The number of hydrogen-bond acceptors (Lipinski definition) is 1. The maximum Gasteiger partial charge on any atom is 0.0720 e. The van der Waals surface area contributed by atoms with Gasteiger partial charge in [-0.15, -0.1) is 0 Å². The monoisotopic (exact) mass is 787 g/mol. The molecule has 0 amide bonds. The molecule has 0 aromatic heterocycles. The second-order valence-electron chi connectivity index (χ2n) is 16.4. The molecule has 0 N–H and O–H groups in total. The molecule has 0 bridgehead atoms. The van der Waals surface area contributed by atoms with Crippen molar-refractivity contribution < 1.29 is 0 Å². The molecular weight excluding hydrogens is 747 g/mol. The van der Waals surface area contributed by atoms with Crippen molar-refractivity contribution in [1.29, 1.82) is 0 Å². The summed E-state index contributed by atoms with van der Waals surface area (Å²) in [6.45, 7) is 0. The summed E-state index contributed by atoms with van der Waals surface area (Å²) in [5.41, 5.74) is 15.2. The number of anilines is 3. The summed E-state index contributed by atoms with van der Waals surface area (Å²) >= 11 is 0. The lowest BCUT2D eigenvalue weighted by Gasteiger charge is -2.35. The normalized spacial score (nSPS) is 12.6. The van der Waals surface area contributed by atoms with Crippen LogP contribution in [-0.2, 0) is 5.41 Å². The summed E-state index contributed by atoms with van der Waals surface area (Å²) < 4.78 is 0. The van der Waals surface area contributed by atoms with Crippen LogP contribution >= 0.6 is 0 Å². The van der Waals surface area contributed by atoms with E-state index in [1.54, 1.807) is 0 Å². The van der Waals surface area contributed by atoms with E-state index in [0.29, 0.717) is 0 Å². The molecule has 1 heteroatoms. The molecule has 11 aromatic rings. The molecular formula is C61H41N. The number of rotatable bonds is 7. The van der Waals surface area contributed by atoms with Crippen molar-refractivity contribution in [2.45, 2.75) is 5.41 Å². The van der Waals surface area contributed by atoms with Crippen molar-refractivity contribution >= 4 is 49.4 Å². The smallest absolute Gasteiger partial charge is 0.0720 e. The molecule has 1 nitrogen and oxygen atoms in total. The molecule has 0 spiro atoms. The van der Waals surface area contributed by atoms with Crippen molar-refractivity contribution in [2.75, 3.05) is 4.90 Å². The van der Waals surface area contributed by atoms with E-state index in [1.807, 2.05) is 0 Å². The fourth-order valence-electron chi connectivity index (χ4n) is 10.3. The van der Waals surface area contributed by atoms with Gasteiger partial charge in [-0.1, -0.05) is 206 Å². The predicted octanol–water partition coefficient (Wildman–Crippen LogP) is 16.3. The average Bonchev–Trinajstić information content (AvgIpc) is 3.67. The second-order valence-corrected chi connectivity index (χ2v) is 16.4. The molecule has 0 fully saturated rings. The van der Waals surface area contributed by atoms with Crippen LogP contribution in [0.15, 0.2) is 249 Å². The van der Waals surface area contributed by atoms with Gasteiger partial charge in [-0.2, -0.15) is 0 Å². The minimum absolute atomic E-state index is 0.602. The Morgan fingerprint density at radius 2 is 0.742 bits per heavy atom. The molecule has 1 aliphatic carbocycles. The molecule has 0 radical (unpaired) electrons. The standard InChI is InChI=1S/C61H41N/c1-4-16-42(17-5-1)44-30-34-50(35-31-44)62(51-36-32-45(33-37-51)47-29-28-43-18-10-11-19-46(43)40-47)52-38-39-57-58(41-52)61(48-20-6-2-7-21-48,49-22-8-3-9-23-49)60-56-27-15-13-25-54(56)53-24-12-14-26-55(53)59(57)60/h1-41H. The van der Waals surface area contributed by atoms with Crippen LogP contribution in [0.25, 0.3) is 65.7 Å². The number of hydrogen-bond donors (Lipinski definition) is 0. The first-order valence-corrected chi connectivity index (χ1v) is 21.5. The Kier molecular flexibility index (Phi) is 8.47. The molecule has 0 atom stereocenters. The lowest BCUT2D eigenvalue weighted by molar-refractivity contribution is 0.776.